The van der Waals surface area contributed by atoms with Gasteiger partial charge in [0.2, 0.25) is 5.91 Å². The number of hydrogen-bond donors (Lipinski definition) is 3. The lowest BCUT2D eigenvalue weighted by Crippen LogP contribution is -2.59. The van der Waals surface area contributed by atoms with Crippen LogP contribution < -0.4 is 16.0 Å². The highest BCUT2D eigenvalue weighted by Crippen LogP contribution is 2.31. The number of carbonyl (C=O) groups excluding carboxylic acids is 4. The Bertz CT molecular complexity index is 1530. The van der Waals surface area contributed by atoms with Crippen LogP contribution in [0.25, 0.3) is 0 Å². The number of amides is 4. The lowest BCUT2D eigenvalue weighted by molar-refractivity contribution is -0.137. The van der Waals surface area contributed by atoms with Crippen molar-refractivity contribution < 1.29 is 28.7 Å². The minimum Gasteiger partial charge on any atom is -0.444 e. The molecular weight excluding hydrogens is 600 g/mol. The van der Waals surface area contributed by atoms with Crippen molar-refractivity contribution >= 4 is 29.6 Å². The van der Waals surface area contributed by atoms with Crippen molar-refractivity contribution in [3.05, 3.63) is 84.3 Å². The molecule has 4 rings (SSSR count). The SMILES string of the molecule is CC(C)(C)OC(=O)NC(C)(C)C(=O)NC(COCc1ccccc1)C(=O)Nc1cn(C(C)(C(=O)N2CCCC2)c2ccccc2)cn1. The van der Waals surface area contributed by atoms with Crippen LogP contribution in [0.2, 0.25) is 0 Å². The molecule has 3 aromatic rings. The Balaban J connectivity index is 1.53. The van der Waals surface area contributed by atoms with Gasteiger partial charge in [0.1, 0.15) is 22.7 Å². The lowest BCUT2D eigenvalue weighted by Gasteiger charge is -2.34. The fourth-order valence-electron chi connectivity index (χ4n) is 5.23. The second kappa shape index (κ2) is 14.8. The van der Waals surface area contributed by atoms with E-state index in [1.165, 1.54) is 20.2 Å². The maximum absolute atomic E-state index is 13.9. The fourth-order valence-corrected chi connectivity index (χ4v) is 5.23. The monoisotopic (exact) mass is 646 g/mol. The number of likely N-dealkylation sites (tertiary alicyclic amines) is 1. The maximum atomic E-state index is 13.9. The Morgan fingerprint density at radius 2 is 1.51 bits per heavy atom. The van der Waals surface area contributed by atoms with E-state index in [9.17, 15) is 19.2 Å². The van der Waals surface area contributed by atoms with Gasteiger partial charge in [-0.1, -0.05) is 60.7 Å². The van der Waals surface area contributed by atoms with Crippen LogP contribution in [0.4, 0.5) is 10.6 Å². The van der Waals surface area contributed by atoms with Crippen LogP contribution in [0.3, 0.4) is 0 Å². The third-order valence-electron chi connectivity index (χ3n) is 7.89. The second-order valence-electron chi connectivity index (χ2n) is 13.4. The number of nitrogens with one attached hydrogen (secondary N) is 3. The van der Waals surface area contributed by atoms with Gasteiger partial charge in [-0.25, -0.2) is 9.78 Å². The summed E-state index contributed by atoms with van der Waals surface area (Å²) in [6.07, 6.45) is 4.26. The number of carbonyl (C=O) groups is 4. The van der Waals surface area contributed by atoms with Gasteiger partial charge in [0.25, 0.3) is 11.8 Å². The summed E-state index contributed by atoms with van der Waals surface area (Å²) < 4.78 is 12.9. The van der Waals surface area contributed by atoms with Crippen molar-refractivity contribution in [1.29, 1.82) is 0 Å². The van der Waals surface area contributed by atoms with Crippen molar-refractivity contribution in [2.75, 3.05) is 25.0 Å². The van der Waals surface area contributed by atoms with E-state index in [4.69, 9.17) is 9.47 Å². The van der Waals surface area contributed by atoms with E-state index < -0.39 is 40.6 Å². The summed E-state index contributed by atoms with van der Waals surface area (Å²) in [4.78, 5) is 59.6. The van der Waals surface area contributed by atoms with E-state index in [0.717, 1.165) is 24.0 Å². The van der Waals surface area contributed by atoms with Crippen molar-refractivity contribution in [3.8, 4) is 0 Å². The third kappa shape index (κ3) is 9.19. The number of ether oxygens (including phenoxy) is 2. The molecule has 2 atom stereocenters. The van der Waals surface area contributed by atoms with Gasteiger partial charge in [-0.15, -0.1) is 0 Å². The number of anilines is 1. The first-order valence-electron chi connectivity index (χ1n) is 15.8. The average Bonchev–Trinajstić information content (AvgIpc) is 3.73. The van der Waals surface area contributed by atoms with E-state index in [2.05, 4.69) is 20.9 Å². The Labute approximate surface area is 276 Å². The molecule has 0 radical (unpaired) electrons. The van der Waals surface area contributed by atoms with Crippen molar-refractivity contribution in [2.45, 2.75) is 83.7 Å². The predicted molar refractivity (Wildman–Crippen MR) is 177 cm³/mol. The molecule has 0 spiro atoms. The lowest BCUT2D eigenvalue weighted by atomic mass is 9.90. The summed E-state index contributed by atoms with van der Waals surface area (Å²) in [6, 6.07) is 17.7. The molecule has 1 fully saturated rings. The van der Waals surface area contributed by atoms with Crippen LogP contribution >= 0.6 is 0 Å². The smallest absolute Gasteiger partial charge is 0.408 e. The van der Waals surface area contributed by atoms with Crippen molar-refractivity contribution in [2.24, 2.45) is 0 Å². The molecule has 0 aliphatic carbocycles. The first-order valence-corrected chi connectivity index (χ1v) is 15.8. The molecule has 0 saturated carbocycles. The number of aromatic nitrogens is 2. The van der Waals surface area contributed by atoms with Crippen LogP contribution in [0, 0.1) is 0 Å². The normalized spacial score (nSPS) is 15.3. The zero-order valence-electron chi connectivity index (χ0n) is 28.0. The van der Waals surface area contributed by atoms with Crippen molar-refractivity contribution in [1.82, 2.24) is 25.1 Å². The molecule has 1 saturated heterocycles. The topological polar surface area (TPSA) is 144 Å². The fraction of sp³-hybridized carbons (Fsp3) is 0.457. The molecule has 12 heteroatoms. The summed E-state index contributed by atoms with van der Waals surface area (Å²) in [5.41, 5.74) is -1.61. The number of imidazole rings is 1. The Morgan fingerprint density at radius 1 is 0.894 bits per heavy atom. The number of rotatable bonds is 12. The minimum absolute atomic E-state index is 0.0596. The highest BCUT2D eigenvalue weighted by molar-refractivity contribution is 5.98. The summed E-state index contributed by atoms with van der Waals surface area (Å²) in [5.74, 6) is -1.07. The molecule has 2 aromatic carbocycles. The zero-order valence-corrected chi connectivity index (χ0v) is 28.0. The molecule has 2 unspecified atom stereocenters. The number of hydrogen-bond acceptors (Lipinski definition) is 7. The van der Waals surface area contributed by atoms with Gasteiger partial charge < -0.3 is 34.9 Å². The Kier molecular flexibility index (Phi) is 11.1. The molecule has 252 valence electrons. The van der Waals surface area contributed by atoms with Gasteiger partial charge in [0, 0.05) is 19.3 Å². The standard InChI is InChI=1S/C35H46N6O6/c1-33(2,3)47-32(45)39-34(4,5)30(43)37-27(23-46-22-25-15-9-7-10-16-25)29(42)38-28-21-41(24-36-28)35(6,26-17-11-8-12-18-26)31(44)40-19-13-14-20-40/h7-12,15-18,21,24,27H,13-14,19-20,22-23H2,1-6H3,(H,37,43)(H,38,42)(H,39,45). The second-order valence-corrected chi connectivity index (χ2v) is 13.4. The quantitative estimate of drug-likeness (QED) is 0.267. The van der Waals surface area contributed by atoms with Gasteiger partial charge in [-0.3, -0.25) is 14.4 Å². The largest absolute Gasteiger partial charge is 0.444 e. The van der Waals surface area contributed by atoms with E-state index >= 15 is 0 Å². The maximum Gasteiger partial charge on any atom is 0.408 e. The third-order valence-corrected chi connectivity index (χ3v) is 7.89. The van der Waals surface area contributed by atoms with Crippen LogP contribution in [-0.4, -0.2) is 75.1 Å². The Morgan fingerprint density at radius 3 is 2.13 bits per heavy atom. The van der Waals surface area contributed by atoms with Gasteiger partial charge in [-0.05, 0) is 65.5 Å². The number of alkyl carbamates (subject to hydrolysis) is 1. The Hall–Kier alpha value is -4.71. The van der Waals surface area contributed by atoms with Crippen LogP contribution in [-0.2, 0) is 36.0 Å². The van der Waals surface area contributed by atoms with Gasteiger partial charge in [-0.2, -0.15) is 0 Å². The van der Waals surface area contributed by atoms with E-state index in [0.29, 0.717) is 13.1 Å². The molecule has 0 bridgehead atoms. The number of nitrogens with zero attached hydrogens (tertiary/aromatic N) is 3. The van der Waals surface area contributed by atoms with E-state index in [1.54, 1.807) is 31.5 Å². The molecule has 1 aliphatic heterocycles. The number of benzene rings is 2. The van der Waals surface area contributed by atoms with Crippen LogP contribution in [0.1, 0.15) is 65.5 Å². The molecule has 12 nitrogen and oxygen atoms in total. The van der Waals surface area contributed by atoms with Gasteiger partial charge in [0.05, 0.1) is 19.5 Å². The van der Waals surface area contributed by atoms with E-state index in [1.807, 2.05) is 72.5 Å². The average molecular weight is 647 g/mol. The molecule has 2 heterocycles. The van der Waals surface area contributed by atoms with Crippen LogP contribution in [0.5, 0.6) is 0 Å². The highest BCUT2D eigenvalue weighted by Gasteiger charge is 2.41. The highest BCUT2D eigenvalue weighted by atomic mass is 16.6. The summed E-state index contributed by atoms with van der Waals surface area (Å²) in [7, 11) is 0. The molecule has 3 N–H and O–H groups in total. The van der Waals surface area contributed by atoms with Crippen molar-refractivity contribution in [3.63, 3.8) is 0 Å². The summed E-state index contributed by atoms with van der Waals surface area (Å²) in [5, 5.41) is 8.04. The molecule has 1 aliphatic rings. The summed E-state index contributed by atoms with van der Waals surface area (Å²) >= 11 is 0. The zero-order chi connectivity index (χ0) is 34.2. The molecule has 4 amide bonds. The van der Waals surface area contributed by atoms with Crippen LogP contribution in [0.15, 0.2) is 73.2 Å². The molecular formula is C35H46N6O6. The minimum atomic E-state index is -1.42. The predicted octanol–water partition coefficient (Wildman–Crippen LogP) is 4.21. The molecule has 1 aromatic heterocycles. The first kappa shape index (κ1) is 35.1. The first-order chi connectivity index (χ1) is 22.2. The van der Waals surface area contributed by atoms with Gasteiger partial charge >= 0.3 is 6.09 Å². The molecule has 47 heavy (non-hydrogen) atoms. The van der Waals surface area contributed by atoms with Gasteiger partial charge in [0.15, 0.2) is 5.82 Å². The summed E-state index contributed by atoms with van der Waals surface area (Å²) in [6.45, 7) is 11.4. The van der Waals surface area contributed by atoms with E-state index in [-0.39, 0.29) is 24.9 Å².